The van der Waals surface area contributed by atoms with Crippen molar-refractivity contribution in [3.05, 3.63) is 177 Å². The van der Waals surface area contributed by atoms with Crippen molar-refractivity contribution in [2.24, 2.45) is 0 Å². The number of aliphatic hydroxyl groups is 1. The molecule has 3 N–H and O–H groups in total. The number of carbonyl (C=O) groups is 1. The van der Waals surface area contributed by atoms with Crippen LogP contribution < -0.4 is 26.0 Å². The van der Waals surface area contributed by atoms with Gasteiger partial charge in [0.25, 0.3) is 11.5 Å². The molecule has 9 rings (SSSR count). The molecule has 18 nitrogen and oxygen atoms in total. The minimum atomic E-state index is -3.37. The first-order chi connectivity index (χ1) is 35.2. The number of fused-ring (bicyclic) bond motifs is 1. The number of imidazole rings is 1. The number of hydrogen-bond donors (Lipinski definition) is 3. The van der Waals surface area contributed by atoms with E-state index in [4.69, 9.17) is 32.5 Å². The summed E-state index contributed by atoms with van der Waals surface area (Å²) in [4.78, 5) is 54.9. The molecule has 1 amide bonds. The van der Waals surface area contributed by atoms with E-state index in [0.29, 0.717) is 33.8 Å². The Hall–Kier alpha value is -6.84. The highest BCUT2D eigenvalue weighted by Crippen LogP contribution is 2.45. The number of methoxy groups -OCH3 is 2. The van der Waals surface area contributed by atoms with Crippen LogP contribution in [0.3, 0.4) is 0 Å². The Morgan fingerprint density at radius 2 is 1.37 bits per heavy atom. The number of aliphatic hydroxyl groups excluding tert-OH is 1. The number of ether oxygens (including phenoxy) is 5. The van der Waals surface area contributed by atoms with Crippen LogP contribution in [0.1, 0.15) is 85.6 Å². The molecule has 0 radical (unpaired) electrons. The summed E-state index contributed by atoms with van der Waals surface area (Å²) in [6.07, 6.45) is 0.197. The van der Waals surface area contributed by atoms with E-state index < -0.39 is 62.3 Å². The molecule has 4 aromatic carbocycles. The molecular formula is C54H61N7O11Si. The van der Waals surface area contributed by atoms with Crippen molar-refractivity contribution in [2.75, 3.05) is 32.8 Å². The Kier molecular flexibility index (Phi) is 15.2. The van der Waals surface area contributed by atoms with Crippen LogP contribution in [-0.4, -0.2) is 100 Å². The molecule has 5 heterocycles. The lowest BCUT2D eigenvalue weighted by Gasteiger charge is -2.41. The molecule has 73 heavy (non-hydrogen) atoms. The zero-order chi connectivity index (χ0) is 51.4. The predicted octanol–water partition coefficient (Wildman–Crippen LogP) is 7.56. The summed E-state index contributed by atoms with van der Waals surface area (Å²) in [6.45, 7) is 9.88. The number of nitrogens with zero attached hydrogens (tertiary/aromatic N) is 5. The van der Waals surface area contributed by atoms with Crippen molar-refractivity contribution in [3.8, 4) is 11.5 Å². The third-order valence-electron chi connectivity index (χ3n) is 13.8. The van der Waals surface area contributed by atoms with Crippen molar-refractivity contribution < 1.29 is 42.4 Å². The van der Waals surface area contributed by atoms with E-state index in [0.717, 1.165) is 16.7 Å². The first-order valence-electron chi connectivity index (χ1n) is 24.4. The highest BCUT2D eigenvalue weighted by atomic mass is 28.4. The van der Waals surface area contributed by atoms with E-state index in [-0.39, 0.29) is 48.9 Å². The van der Waals surface area contributed by atoms with Crippen LogP contribution >= 0.6 is 0 Å². The van der Waals surface area contributed by atoms with Gasteiger partial charge in [0.05, 0.1) is 46.0 Å². The summed E-state index contributed by atoms with van der Waals surface area (Å²) in [7, 11) is -0.128. The Balaban J connectivity index is 1.01. The fraction of sp³-hybridized carbons (Fsp3) is 0.370. The van der Waals surface area contributed by atoms with Gasteiger partial charge in [-0.3, -0.25) is 23.7 Å². The van der Waals surface area contributed by atoms with Gasteiger partial charge in [0.1, 0.15) is 48.1 Å². The molecule has 0 unspecified atom stereocenters. The zero-order valence-electron chi connectivity index (χ0n) is 41.8. The third-order valence-corrected chi connectivity index (χ3v) is 18.3. The van der Waals surface area contributed by atoms with E-state index in [1.807, 2.05) is 84.9 Å². The molecule has 0 aliphatic carbocycles. The summed E-state index contributed by atoms with van der Waals surface area (Å²) in [5, 5.41) is 14.4. The van der Waals surface area contributed by atoms with Crippen molar-refractivity contribution in [3.63, 3.8) is 0 Å². The Labute approximate surface area is 423 Å². The minimum Gasteiger partial charge on any atom is -0.497 e. The van der Waals surface area contributed by atoms with Gasteiger partial charge in [0, 0.05) is 30.2 Å². The van der Waals surface area contributed by atoms with Crippen LogP contribution in [0, 0.1) is 6.92 Å². The standard InChI is InChI=1S/C54H61N7O11Si/c1-33(2)73(34(3)4,69-30-44-42(62)26-46(70-44)61-32-57-48-49(55-31-56-50(48)61)58-52(64)36-14-10-8-11-15-36)72-43-27-47(60-28-35(5)51(63)59-53(60)65)71-45(43)29-68-54(37-16-12-9-13-17-37,38-18-22-40(66-6)23-19-38)39-20-24-41(67-7)25-21-39/h8-25,28,31-34,42-47,62H,26-27,29-30H2,1-7H3,(H,59,63,65)(H,55,56,58,64)/t42-,43-,44+,45+,46+,47+/m0/s1. The summed E-state index contributed by atoms with van der Waals surface area (Å²) in [5.74, 6) is 1.26. The van der Waals surface area contributed by atoms with Crippen LogP contribution in [0.5, 0.6) is 11.5 Å². The van der Waals surface area contributed by atoms with E-state index in [1.165, 1.54) is 17.1 Å². The molecule has 0 bridgehead atoms. The number of H-pyrrole nitrogens is 1. The minimum absolute atomic E-state index is 0.00303. The maximum Gasteiger partial charge on any atom is 0.343 e. The molecule has 2 saturated heterocycles. The normalized spacial score (nSPS) is 20.2. The quantitative estimate of drug-likeness (QED) is 0.0527. The average Bonchev–Trinajstić information content (AvgIpc) is 4.13. The SMILES string of the molecule is COc1ccc(C(OC[C@H]2O[C@@H](n3cc(C)c(=O)[nH]c3=O)C[C@@H]2O[Si](OC[C@H]2O[C@@H](n3cnc4c(NC(=O)c5ccccc5)ncnc43)C[C@@H]2O)(C(C)C)C(C)C)(c2ccccc2)c2ccc(OC)cc2)cc1. The molecular weight excluding hydrogens is 951 g/mol. The van der Waals surface area contributed by atoms with Crippen molar-refractivity contribution in [1.82, 2.24) is 29.1 Å². The molecule has 2 aliphatic rings. The highest BCUT2D eigenvalue weighted by Gasteiger charge is 2.52. The van der Waals surface area contributed by atoms with Crippen LogP contribution in [0.4, 0.5) is 5.82 Å². The van der Waals surface area contributed by atoms with E-state index in [9.17, 15) is 19.5 Å². The monoisotopic (exact) mass is 1010 g/mol. The molecule has 0 saturated carbocycles. The number of benzene rings is 4. The highest BCUT2D eigenvalue weighted by molar-refractivity contribution is 6.70. The van der Waals surface area contributed by atoms with Gasteiger partial charge < -0.3 is 43.0 Å². The van der Waals surface area contributed by atoms with Gasteiger partial charge in [-0.15, -0.1) is 0 Å². The molecule has 2 aliphatic heterocycles. The molecule has 2 fully saturated rings. The largest absolute Gasteiger partial charge is 0.497 e. The van der Waals surface area contributed by atoms with E-state index in [2.05, 4.69) is 52.9 Å². The second-order valence-corrected chi connectivity index (χ2v) is 23.2. The van der Waals surface area contributed by atoms with Gasteiger partial charge in [-0.05, 0) is 71.1 Å². The van der Waals surface area contributed by atoms with Gasteiger partial charge in [-0.2, -0.15) is 0 Å². The number of amides is 1. The fourth-order valence-electron chi connectivity index (χ4n) is 9.94. The van der Waals surface area contributed by atoms with Gasteiger partial charge in [-0.1, -0.05) is 100 Å². The zero-order valence-corrected chi connectivity index (χ0v) is 42.8. The van der Waals surface area contributed by atoms with Gasteiger partial charge in [-0.25, -0.2) is 19.7 Å². The topological polar surface area (TPSA) is 212 Å². The lowest BCUT2D eigenvalue weighted by molar-refractivity contribution is -0.0970. The third kappa shape index (κ3) is 10.3. The van der Waals surface area contributed by atoms with E-state index >= 15 is 0 Å². The Morgan fingerprint density at radius 3 is 1.99 bits per heavy atom. The molecule has 7 aromatic rings. The molecule has 3 aromatic heterocycles. The van der Waals surface area contributed by atoms with Gasteiger partial charge >= 0.3 is 14.3 Å². The number of nitrogens with one attached hydrogen (secondary N) is 2. The van der Waals surface area contributed by atoms with Crippen molar-refractivity contribution in [2.45, 2.75) is 101 Å². The molecule has 0 spiro atoms. The lowest BCUT2D eigenvalue weighted by atomic mass is 9.80. The lowest BCUT2D eigenvalue weighted by Crippen LogP contribution is -2.54. The Morgan fingerprint density at radius 1 is 0.781 bits per heavy atom. The van der Waals surface area contributed by atoms with Crippen molar-refractivity contribution >= 4 is 31.4 Å². The van der Waals surface area contributed by atoms with Gasteiger partial charge in [0.2, 0.25) is 0 Å². The van der Waals surface area contributed by atoms with Crippen molar-refractivity contribution in [1.29, 1.82) is 0 Å². The van der Waals surface area contributed by atoms with Gasteiger partial charge in [0.15, 0.2) is 17.0 Å². The molecule has 382 valence electrons. The smallest absolute Gasteiger partial charge is 0.343 e. The van der Waals surface area contributed by atoms with E-state index in [1.54, 1.807) is 56.3 Å². The van der Waals surface area contributed by atoms with Crippen LogP contribution in [0.25, 0.3) is 11.2 Å². The first-order valence-corrected chi connectivity index (χ1v) is 26.4. The summed E-state index contributed by atoms with van der Waals surface area (Å²) >= 11 is 0. The molecule has 6 atom stereocenters. The number of aryl methyl sites for hydroxylation is 1. The number of rotatable bonds is 19. The fourth-order valence-corrected chi connectivity index (χ4v) is 13.7. The number of anilines is 1. The summed E-state index contributed by atoms with van der Waals surface area (Å²) in [6, 6.07) is 34.2. The number of aromatic nitrogens is 6. The second-order valence-electron chi connectivity index (χ2n) is 19.0. The number of aromatic amines is 1. The van der Waals surface area contributed by atoms with Crippen LogP contribution in [0.15, 0.2) is 138 Å². The Bertz CT molecular complexity index is 3060. The maximum absolute atomic E-state index is 13.5. The van der Waals surface area contributed by atoms with Crippen LogP contribution in [0.2, 0.25) is 11.1 Å². The number of hydrogen-bond acceptors (Lipinski definition) is 14. The summed E-state index contributed by atoms with van der Waals surface area (Å²) in [5.41, 5.74) is 1.54. The maximum atomic E-state index is 13.5. The number of carbonyl (C=O) groups excluding carboxylic acids is 1. The van der Waals surface area contributed by atoms with Crippen LogP contribution in [-0.2, 0) is 28.7 Å². The molecule has 19 heteroatoms. The average molecular weight is 1010 g/mol. The second kappa shape index (κ2) is 21.7. The predicted molar refractivity (Wildman–Crippen MR) is 274 cm³/mol. The summed E-state index contributed by atoms with van der Waals surface area (Å²) < 4.78 is 49.6. The first kappa shape index (κ1) is 51.1.